The van der Waals surface area contributed by atoms with Crippen LogP contribution in [0, 0.1) is 5.92 Å². The normalized spacial score (nSPS) is 12.8. The molecular weight excluding hydrogens is 208 g/mol. The highest BCUT2D eigenvalue weighted by molar-refractivity contribution is 5.81. The fourth-order valence-corrected chi connectivity index (χ4v) is 1.05. The molecule has 1 atom stereocenters. The molecule has 0 aromatic carbocycles. The molecular formula is C11H24N2O3. The zero-order chi connectivity index (χ0) is 12.4. The summed E-state index contributed by atoms with van der Waals surface area (Å²) in [4.78, 5) is 11.4. The minimum atomic E-state index is -0.422. The molecule has 0 aliphatic carbocycles. The Kier molecular flexibility index (Phi) is 9.18. The maximum absolute atomic E-state index is 11.4. The molecule has 5 heteroatoms. The lowest BCUT2D eigenvalue weighted by Gasteiger charge is -2.15. The number of ether oxygens (including phenoxy) is 2. The van der Waals surface area contributed by atoms with Crippen LogP contribution in [0.25, 0.3) is 0 Å². The number of nitrogens with one attached hydrogen (secondary N) is 1. The van der Waals surface area contributed by atoms with Crippen molar-refractivity contribution in [1.29, 1.82) is 0 Å². The summed E-state index contributed by atoms with van der Waals surface area (Å²) < 4.78 is 10.1. The smallest absolute Gasteiger partial charge is 0.237 e. The SMILES string of the molecule is COCCOCCCNC(=O)C(N)C(C)C. The third kappa shape index (κ3) is 7.62. The van der Waals surface area contributed by atoms with Crippen LogP contribution < -0.4 is 11.1 Å². The van der Waals surface area contributed by atoms with E-state index in [1.807, 2.05) is 13.8 Å². The summed E-state index contributed by atoms with van der Waals surface area (Å²) in [5, 5.41) is 2.78. The van der Waals surface area contributed by atoms with Crippen LogP contribution in [0.4, 0.5) is 0 Å². The Morgan fingerprint density at radius 3 is 2.56 bits per heavy atom. The molecule has 0 spiro atoms. The maximum Gasteiger partial charge on any atom is 0.237 e. The minimum absolute atomic E-state index is 0.0908. The van der Waals surface area contributed by atoms with Crippen molar-refractivity contribution in [2.24, 2.45) is 11.7 Å². The molecule has 0 aromatic rings. The van der Waals surface area contributed by atoms with Crippen molar-refractivity contribution in [3.63, 3.8) is 0 Å². The van der Waals surface area contributed by atoms with Crippen molar-refractivity contribution in [1.82, 2.24) is 5.32 Å². The van der Waals surface area contributed by atoms with Gasteiger partial charge >= 0.3 is 0 Å². The highest BCUT2D eigenvalue weighted by Crippen LogP contribution is 1.97. The summed E-state index contributed by atoms with van der Waals surface area (Å²) in [7, 11) is 1.64. The van der Waals surface area contributed by atoms with Crippen molar-refractivity contribution in [3.8, 4) is 0 Å². The number of methoxy groups -OCH3 is 1. The van der Waals surface area contributed by atoms with Crippen LogP contribution in [0.1, 0.15) is 20.3 Å². The Hall–Kier alpha value is -0.650. The minimum Gasteiger partial charge on any atom is -0.382 e. The van der Waals surface area contributed by atoms with Gasteiger partial charge in [-0.15, -0.1) is 0 Å². The van der Waals surface area contributed by atoms with E-state index in [-0.39, 0.29) is 11.8 Å². The number of nitrogens with two attached hydrogens (primary N) is 1. The van der Waals surface area contributed by atoms with Crippen molar-refractivity contribution in [2.45, 2.75) is 26.3 Å². The summed E-state index contributed by atoms with van der Waals surface area (Å²) >= 11 is 0. The first-order chi connectivity index (χ1) is 7.59. The molecule has 0 aliphatic heterocycles. The zero-order valence-corrected chi connectivity index (χ0v) is 10.5. The highest BCUT2D eigenvalue weighted by Gasteiger charge is 2.15. The van der Waals surface area contributed by atoms with E-state index in [9.17, 15) is 4.79 Å². The predicted molar refractivity (Wildman–Crippen MR) is 63.1 cm³/mol. The van der Waals surface area contributed by atoms with E-state index >= 15 is 0 Å². The Morgan fingerprint density at radius 1 is 1.31 bits per heavy atom. The summed E-state index contributed by atoms with van der Waals surface area (Å²) in [6.07, 6.45) is 0.792. The Bertz CT molecular complexity index is 186. The summed E-state index contributed by atoms with van der Waals surface area (Å²) in [6.45, 7) is 6.28. The van der Waals surface area contributed by atoms with Gasteiger partial charge in [-0.25, -0.2) is 0 Å². The van der Waals surface area contributed by atoms with Gasteiger partial charge in [-0.3, -0.25) is 4.79 Å². The molecule has 16 heavy (non-hydrogen) atoms. The lowest BCUT2D eigenvalue weighted by atomic mass is 10.1. The first kappa shape index (κ1) is 15.3. The molecule has 0 aromatic heterocycles. The van der Waals surface area contributed by atoms with Crippen molar-refractivity contribution in [2.75, 3.05) is 33.5 Å². The van der Waals surface area contributed by atoms with Gasteiger partial charge in [-0.05, 0) is 12.3 Å². The molecule has 0 radical (unpaired) electrons. The average molecular weight is 232 g/mol. The Balaban J connectivity index is 3.34. The number of rotatable bonds is 9. The van der Waals surface area contributed by atoms with Crippen molar-refractivity contribution >= 4 is 5.91 Å². The molecule has 5 nitrogen and oxygen atoms in total. The van der Waals surface area contributed by atoms with E-state index in [1.54, 1.807) is 7.11 Å². The van der Waals surface area contributed by atoms with E-state index in [4.69, 9.17) is 15.2 Å². The van der Waals surface area contributed by atoms with E-state index in [1.165, 1.54) is 0 Å². The number of hydrogen-bond donors (Lipinski definition) is 2. The van der Waals surface area contributed by atoms with Crippen LogP contribution in [0.2, 0.25) is 0 Å². The maximum atomic E-state index is 11.4. The topological polar surface area (TPSA) is 73.6 Å². The van der Waals surface area contributed by atoms with E-state index in [2.05, 4.69) is 5.32 Å². The van der Waals surface area contributed by atoms with Crippen LogP contribution in [0.15, 0.2) is 0 Å². The van der Waals surface area contributed by atoms with Crippen LogP contribution >= 0.6 is 0 Å². The second kappa shape index (κ2) is 9.57. The van der Waals surface area contributed by atoms with Crippen molar-refractivity contribution < 1.29 is 14.3 Å². The molecule has 3 N–H and O–H groups in total. The molecule has 1 amide bonds. The average Bonchev–Trinajstić information content (AvgIpc) is 2.26. The molecule has 0 aliphatic rings. The molecule has 0 saturated carbocycles. The highest BCUT2D eigenvalue weighted by atomic mass is 16.5. The Morgan fingerprint density at radius 2 is 2.00 bits per heavy atom. The second-order valence-corrected chi connectivity index (χ2v) is 4.02. The quantitative estimate of drug-likeness (QED) is 0.555. The van der Waals surface area contributed by atoms with Crippen LogP contribution in [0.3, 0.4) is 0 Å². The molecule has 0 heterocycles. The lowest BCUT2D eigenvalue weighted by molar-refractivity contribution is -0.123. The van der Waals surface area contributed by atoms with Gasteiger partial charge in [0, 0.05) is 20.3 Å². The van der Waals surface area contributed by atoms with Gasteiger partial charge in [0.25, 0.3) is 0 Å². The van der Waals surface area contributed by atoms with Gasteiger partial charge in [-0.2, -0.15) is 0 Å². The monoisotopic (exact) mass is 232 g/mol. The van der Waals surface area contributed by atoms with Gasteiger partial charge in [0.2, 0.25) is 5.91 Å². The second-order valence-electron chi connectivity index (χ2n) is 4.02. The van der Waals surface area contributed by atoms with Gasteiger partial charge in [0.15, 0.2) is 0 Å². The number of carbonyl (C=O) groups excluding carboxylic acids is 1. The standard InChI is InChI=1S/C11H24N2O3/c1-9(2)10(12)11(14)13-5-4-6-16-8-7-15-3/h9-10H,4-8,12H2,1-3H3,(H,13,14). The Labute approximate surface area is 97.7 Å². The first-order valence-electron chi connectivity index (χ1n) is 5.69. The fraction of sp³-hybridized carbons (Fsp3) is 0.909. The van der Waals surface area contributed by atoms with Crippen LogP contribution in [0.5, 0.6) is 0 Å². The van der Waals surface area contributed by atoms with Crippen LogP contribution in [-0.2, 0) is 14.3 Å². The number of carbonyl (C=O) groups is 1. The van der Waals surface area contributed by atoms with Gasteiger partial charge in [0.05, 0.1) is 19.3 Å². The largest absolute Gasteiger partial charge is 0.382 e. The van der Waals surface area contributed by atoms with Gasteiger partial charge in [0.1, 0.15) is 0 Å². The molecule has 1 unspecified atom stereocenters. The van der Waals surface area contributed by atoms with Gasteiger partial charge in [-0.1, -0.05) is 13.8 Å². The predicted octanol–water partition coefficient (Wildman–Crippen LogP) is 0.139. The zero-order valence-electron chi connectivity index (χ0n) is 10.5. The molecule has 0 rings (SSSR count). The lowest BCUT2D eigenvalue weighted by Crippen LogP contribution is -2.44. The van der Waals surface area contributed by atoms with E-state index < -0.39 is 6.04 Å². The fourth-order valence-electron chi connectivity index (χ4n) is 1.05. The third-order valence-electron chi connectivity index (χ3n) is 2.22. The third-order valence-corrected chi connectivity index (χ3v) is 2.22. The van der Waals surface area contributed by atoms with Crippen molar-refractivity contribution in [3.05, 3.63) is 0 Å². The molecule has 0 bridgehead atoms. The summed E-state index contributed by atoms with van der Waals surface area (Å²) in [5.41, 5.74) is 5.68. The van der Waals surface area contributed by atoms with Crippen LogP contribution in [-0.4, -0.2) is 45.4 Å². The first-order valence-corrected chi connectivity index (χ1v) is 5.69. The summed E-state index contributed by atoms with van der Waals surface area (Å²) in [5.74, 6) is 0.0739. The van der Waals surface area contributed by atoms with E-state index in [0.717, 1.165) is 6.42 Å². The van der Waals surface area contributed by atoms with Gasteiger partial charge < -0.3 is 20.5 Å². The number of amides is 1. The molecule has 0 fully saturated rings. The molecule has 0 saturated heterocycles. The van der Waals surface area contributed by atoms with E-state index in [0.29, 0.717) is 26.4 Å². The number of hydrogen-bond acceptors (Lipinski definition) is 4. The summed E-state index contributed by atoms with van der Waals surface area (Å²) in [6, 6.07) is -0.422. The molecule has 96 valence electrons.